The minimum absolute atomic E-state index is 0.000357. The third kappa shape index (κ3) is 21.9. The Balaban J connectivity index is 2.41. The van der Waals surface area contributed by atoms with E-state index in [1.165, 1.54) is 21.1 Å². The lowest BCUT2D eigenvalue weighted by molar-refractivity contribution is -0.131. The molecule has 0 aliphatic rings. The zero-order valence-corrected chi connectivity index (χ0v) is 68.4. The van der Waals surface area contributed by atoms with Gasteiger partial charge in [-0.05, 0) is 203 Å². The number of carbonyl (C=O) groups is 9. The van der Waals surface area contributed by atoms with Gasteiger partial charge in [-0.15, -0.1) is 0 Å². The van der Waals surface area contributed by atoms with Gasteiger partial charge in [-0.3, -0.25) is 43.2 Å². The maximum atomic E-state index is 15.6. The summed E-state index contributed by atoms with van der Waals surface area (Å²) in [6.45, 7) is -9.18. The molecule has 33 nitrogen and oxygen atoms in total. The molecule has 94 heavy (non-hydrogen) atoms. The lowest BCUT2D eigenvalue weighted by Gasteiger charge is -2.28. The average molecular weight is 2340 g/mol. The molecule has 42 heteroatoms. The van der Waals surface area contributed by atoms with Gasteiger partial charge >= 0.3 is 0 Å². The molecule has 0 saturated heterocycles. The lowest BCUT2D eigenvalue weighted by Crippen LogP contribution is -2.44. The number of carbonyl (C=O) groups excluding carboxylic acids is 9. The fourth-order valence-corrected chi connectivity index (χ4v) is 21.2. The molecule has 0 aliphatic carbocycles. The van der Waals surface area contributed by atoms with Crippen LogP contribution in [0.4, 0.5) is 17.1 Å². The monoisotopic (exact) mass is 2340 g/mol. The highest BCUT2D eigenvalue weighted by Gasteiger charge is 2.38. The molecular formula is C52H64I9N9O24. The number of halogens is 9. The number of nitrogens with zero attached hydrogens (tertiary/aromatic N) is 4. The van der Waals surface area contributed by atoms with Gasteiger partial charge in [0.2, 0.25) is 0 Å². The zero-order chi connectivity index (χ0) is 71.8. The molecule has 0 heterocycles. The second-order valence-electron chi connectivity index (χ2n) is 20.1. The van der Waals surface area contributed by atoms with E-state index in [0.29, 0.717) is 0 Å². The molecule has 0 spiro atoms. The first-order valence-corrected chi connectivity index (χ1v) is 36.5. The third-order valence-corrected chi connectivity index (χ3v) is 23.0. The number of hydrogen-bond donors (Lipinski definition) is 20. The summed E-state index contributed by atoms with van der Waals surface area (Å²) in [4.78, 5) is 132. The SMILES string of the molecule is CN(CC(O)C(O)CO)C(=O)c1c(I)c(NC(=O)C(O)CO)c(I)c(C(=O)NCCN(CCNC(=O)c2c(I)c(NC(=O)C(O)C(O)CO)c(I)c(C(=O)N(C)CC(O)CO)c2I)C(=O)c2c(I)c(NC(=O)C(O)C(O)CO)c(I)c(C(=O)N(C)CC(O)CO)c2I)c1I. The van der Waals surface area contributed by atoms with Crippen molar-refractivity contribution in [2.45, 2.75) is 54.9 Å². The normalized spacial score (nSPS) is 14.2. The molecule has 3 aromatic carbocycles. The fraction of sp³-hybridized carbons (Fsp3) is 0.481. The molecule has 0 bridgehead atoms. The number of amides is 9. The molecule has 0 aromatic heterocycles. The summed E-state index contributed by atoms with van der Waals surface area (Å²) in [6, 6.07) is 0. The first kappa shape index (κ1) is 87.1. The number of aliphatic hydroxyl groups excluding tert-OH is 15. The van der Waals surface area contributed by atoms with Crippen molar-refractivity contribution in [3.63, 3.8) is 0 Å². The number of rotatable bonds is 33. The Hall–Kier alpha value is -1.14. The van der Waals surface area contributed by atoms with Crippen molar-refractivity contribution in [1.82, 2.24) is 30.2 Å². The van der Waals surface area contributed by atoms with Crippen molar-refractivity contribution < 1.29 is 120 Å². The Kier molecular flexibility index (Phi) is 37.5. The zero-order valence-electron chi connectivity index (χ0n) is 49.0. The topological polar surface area (TPSA) is 530 Å². The van der Waals surface area contributed by atoms with Crippen LogP contribution in [0, 0.1) is 32.1 Å². The van der Waals surface area contributed by atoms with Crippen LogP contribution in [0.1, 0.15) is 62.1 Å². The summed E-state index contributed by atoms with van der Waals surface area (Å²) < 4.78 is -0.483. The molecule has 0 fully saturated rings. The summed E-state index contributed by atoms with van der Waals surface area (Å²) in [5, 5.41) is 163. The molecule has 9 amide bonds. The Morgan fingerprint density at radius 1 is 0.351 bits per heavy atom. The van der Waals surface area contributed by atoms with E-state index in [2.05, 4.69) is 26.6 Å². The van der Waals surface area contributed by atoms with Gasteiger partial charge in [0.25, 0.3) is 53.2 Å². The summed E-state index contributed by atoms with van der Waals surface area (Å²) in [5.41, 5.74) is -2.44. The van der Waals surface area contributed by atoms with Gasteiger partial charge < -0.3 is 123 Å². The van der Waals surface area contributed by atoms with Crippen LogP contribution in [-0.2, 0) is 14.4 Å². The van der Waals surface area contributed by atoms with Crippen molar-refractivity contribution in [3.05, 3.63) is 65.5 Å². The quantitative estimate of drug-likeness (QED) is 0.0265. The fourth-order valence-electron chi connectivity index (χ4n) is 8.06. The smallest absolute Gasteiger partial charge is 0.256 e. The van der Waals surface area contributed by atoms with Crippen LogP contribution in [0.25, 0.3) is 0 Å². The van der Waals surface area contributed by atoms with Crippen LogP contribution in [0.15, 0.2) is 0 Å². The molecule has 9 unspecified atom stereocenters. The van der Waals surface area contributed by atoms with Crippen LogP contribution in [0.5, 0.6) is 0 Å². The minimum atomic E-state index is -2.28. The van der Waals surface area contributed by atoms with Crippen molar-refractivity contribution >= 4 is 274 Å². The molecular weight excluding hydrogens is 2280 g/mol. The van der Waals surface area contributed by atoms with Crippen molar-refractivity contribution in [1.29, 1.82) is 0 Å². The Bertz CT molecular complexity index is 3330. The second kappa shape index (κ2) is 40.5. The number of anilines is 3. The van der Waals surface area contributed by atoms with Gasteiger partial charge in [0.15, 0.2) is 18.3 Å². The maximum absolute atomic E-state index is 15.6. The third-order valence-electron chi connectivity index (χ3n) is 13.3. The summed E-state index contributed by atoms with van der Waals surface area (Å²) in [6.07, 6.45) is -16.7. The number of benzene rings is 3. The Morgan fingerprint density at radius 3 is 0.947 bits per heavy atom. The summed E-state index contributed by atoms with van der Waals surface area (Å²) in [7, 11) is 3.74. The molecule has 0 aliphatic heterocycles. The minimum Gasteiger partial charge on any atom is -0.394 e. The van der Waals surface area contributed by atoms with E-state index in [1.807, 2.05) is 0 Å². The number of hydrogen-bond acceptors (Lipinski definition) is 24. The highest BCUT2D eigenvalue weighted by Crippen LogP contribution is 2.40. The molecule has 3 aromatic rings. The van der Waals surface area contributed by atoms with Gasteiger partial charge in [-0.25, -0.2) is 0 Å². The number of likely N-dealkylation sites (N-methyl/N-ethyl adjacent to an activating group) is 3. The molecule has 0 saturated carbocycles. The number of aliphatic hydroxyl groups is 15. The van der Waals surface area contributed by atoms with E-state index in [0.717, 1.165) is 19.6 Å². The van der Waals surface area contributed by atoms with Crippen molar-refractivity contribution in [2.24, 2.45) is 0 Å². The van der Waals surface area contributed by atoms with Crippen LogP contribution in [0.3, 0.4) is 0 Å². The van der Waals surface area contributed by atoms with E-state index in [4.69, 9.17) is 0 Å². The van der Waals surface area contributed by atoms with E-state index in [9.17, 15) is 115 Å². The number of nitrogens with one attached hydrogen (secondary N) is 5. The second-order valence-corrected chi connectivity index (χ2v) is 29.8. The Morgan fingerprint density at radius 2 is 0.638 bits per heavy atom. The van der Waals surface area contributed by atoms with E-state index in [1.54, 1.807) is 203 Å². The summed E-state index contributed by atoms with van der Waals surface area (Å²) in [5.74, 6) is -9.33. The molecule has 0 radical (unpaired) electrons. The first-order valence-electron chi connectivity index (χ1n) is 26.8. The molecule has 20 N–H and O–H groups in total. The van der Waals surface area contributed by atoms with Crippen molar-refractivity contribution in [2.75, 3.05) is 123 Å². The first-order chi connectivity index (χ1) is 43.9. The van der Waals surface area contributed by atoms with Gasteiger partial charge in [0.1, 0.15) is 18.3 Å². The van der Waals surface area contributed by atoms with Crippen LogP contribution >= 0.6 is 203 Å². The van der Waals surface area contributed by atoms with Crippen LogP contribution < -0.4 is 26.6 Å². The largest absolute Gasteiger partial charge is 0.394 e. The predicted molar refractivity (Wildman–Crippen MR) is 408 cm³/mol. The molecule has 3 rings (SSSR count). The highest BCUT2D eigenvalue weighted by atomic mass is 127. The molecule has 9 atom stereocenters. The van der Waals surface area contributed by atoms with E-state index >= 15 is 4.79 Å². The predicted octanol–water partition coefficient (Wildman–Crippen LogP) is -3.34. The lowest BCUT2D eigenvalue weighted by atomic mass is 10.1. The maximum Gasteiger partial charge on any atom is 0.256 e. The van der Waals surface area contributed by atoms with E-state index in [-0.39, 0.29) is 82.6 Å². The average Bonchev–Trinajstić information content (AvgIpc) is 0.778. The molecule has 524 valence electrons. The van der Waals surface area contributed by atoms with Gasteiger partial charge in [0, 0.05) is 77.7 Å². The van der Waals surface area contributed by atoms with Gasteiger partial charge in [-0.1, -0.05) is 0 Å². The van der Waals surface area contributed by atoms with Gasteiger partial charge in [-0.2, -0.15) is 0 Å². The Labute approximate surface area is 657 Å². The van der Waals surface area contributed by atoms with Gasteiger partial charge in [0.05, 0.1) is 130 Å². The van der Waals surface area contributed by atoms with E-state index < -0.39 is 194 Å². The standard InChI is InChI=1S/C52H64I9N9O24/c1-67(8-17(77)11-71)49(91)26-30(53)25(34(57)40(36(26)59)65-47(89)42(84)21(81)14-74)46(88)63-5-7-70(52(94)29-32(55)28(50(92)68(2)9-18(78)12-72)37(60)41(38(29)61)66-48(90)43(85)22(82)15-75)6-4-62-45(87)24-31(54)27(51(93)69(3)10-19(79)20(80)13-73)35(58)39(33(24)56)64-44(86)23(83)16-76/h17-23,42-43,71-85H,4-16H2,1-3H3,(H,62,87)(H,63,88)(H,64,86)(H,65,89)(H,66,90). The highest BCUT2D eigenvalue weighted by molar-refractivity contribution is 14.1. The van der Waals surface area contributed by atoms with Crippen LogP contribution in [0.2, 0.25) is 0 Å². The van der Waals surface area contributed by atoms with Crippen LogP contribution in [-0.4, -0.2) is 311 Å². The van der Waals surface area contributed by atoms with Crippen molar-refractivity contribution in [3.8, 4) is 0 Å². The summed E-state index contributed by atoms with van der Waals surface area (Å²) >= 11 is 15.1.